The first kappa shape index (κ1) is 16.3. The number of nitrogens with one attached hydrogen (secondary N) is 1. The molecular formula is C17H25NO2. The lowest BCUT2D eigenvalue weighted by atomic mass is 9.95. The highest BCUT2D eigenvalue weighted by Gasteiger charge is 2.22. The smallest absolute Gasteiger partial charge is 0.407 e. The lowest BCUT2D eigenvalue weighted by Crippen LogP contribution is -2.43. The van der Waals surface area contributed by atoms with E-state index in [0.29, 0.717) is 0 Å². The summed E-state index contributed by atoms with van der Waals surface area (Å²) in [5, 5.41) is 2.94. The van der Waals surface area contributed by atoms with Crippen molar-refractivity contribution in [2.45, 2.75) is 45.8 Å². The van der Waals surface area contributed by atoms with Gasteiger partial charge in [-0.2, -0.15) is 0 Å². The molecule has 0 fully saturated rings. The third kappa shape index (κ3) is 5.91. The Morgan fingerprint density at radius 3 is 2.45 bits per heavy atom. The Morgan fingerprint density at radius 2 is 1.95 bits per heavy atom. The van der Waals surface area contributed by atoms with E-state index < -0.39 is 5.60 Å². The molecule has 0 aliphatic rings. The number of rotatable bonds is 5. The van der Waals surface area contributed by atoms with E-state index in [1.54, 1.807) is 0 Å². The monoisotopic (exact) mass is 275 g/mol. The van der Waals surface area contributed by atoms with Crippen molar-refractivity contribution < 1.29 is 9.53 Å². The SMILES string of the molecule is C=CC(C)C(Cc1ccccc1)NC(=O)OC(C)(C)C. The van der Waals surface area contributed by atoms with Gasteiger partial charge >= 0.3 is 6.09 Å². The summed E-state index contributed by atoms with van der Waals surface area (Å²) in [6.45, 7) is 11.4. The van der Waals surface area contributed by atoms with Crippen LogP contribution in [-0.2, 0) is 11.2 Å². The number of carbonyl (C=O) groups excluding carboxylic acids is 1. The second-order valence-corrected chi connectivity index (χ2v) is 6.04. The fourth-order valence-corrected chi connectivity index (χ4v) is 1.86. The summed E-state index contributed by atoms with van der Waals surface area (Å²) in [4.78, 5) is 11.9. The van der Waals surface area contributed by atoms with Crippen molar-refractivity contribution in [1.29, 1.82) is 0 Å². The van der Waals surface area contributed by atoms with Gasteiger partial charge in [-0.25, -0.2) is 4.79 Å². The van der Waals surface area contributed by atoms with Crippen LogP contribution in [-0.4, -0.2) is 17.7 Å². The number of hydrogen-bond donors (Lipinski definition) is 1. The maximum absolute atomic E-state index is 11.9. The van der Waals surface area contributed by atoms with Crippen LogP contribution in [0.25, 0.3) is 0 Å². The standard InChI is InChI=1S/C17H25NO2/c1-6-13(2)15(12-14-10-8-7-9-11-14)18-16(19)20-17(3,4)5/h6-11,13,15H,1,12H2,2-5H3,(H,18,19). The molecule has 0 aromatic heterocycles. The third-order valence-corrected chi connectivity index (χ3v) is 3.01. The van der Waals surface area contributed by atoms with E-state index in [-0.39, 0.29) is 18.1 Å². The Hall–Kier alpha value is -1.77. The van der Waals surface area contributed by atoms with Gasteiger partial charge in [-0.3, -0.25) is 0 Å². The summed E-state index contributed by atoms with van der Waals surface area (Å²) < 4.78 is 5.32. The Morgan fingerprint density at radius 1 is 1.35 bits per heavy atom. The summed E-state index contributed by atoms with van der Waals surface area (Å²) in [6, 6.07) is 10.1. The van der Waals surface area contributed by atoms with Crippen LogP contribution in [0.1, 0.15) is 33.3 Å². The predicted octanol–water partition coefficient (Wildman–Crippen LogP) is 3.94. The van der Waals surface area contributed by atoms with Crippen LogP contribution in [0.3, 0.4) is 0 Å². The van der Waals surface area contributed by atoms with Crippen LogP contribution in [0.5, 0.6) is 0 Å². The predicted molar refractivity (Wildman–Crippen MR) is 82.7 cm³/mol. The van der Waals surface area contributed by atoms with Crippen LogP contribution in [0, 0.1) is 5.92 Å². The van der Waals surface area contributed by atoms with Crippen LogP contribution < -0.4 is 5.32 Å². The van der Waals surface area contributed by atoms with Gasteiger partial charge in [-0.1, -0.05) is 43.3 Å². The minimum absolute atomic E-state index is 0.0234. The summed E-state index contributed by atoms with van der Waals surface area (Å²) in [7, 11) is 0. The highest BCUT2D eigenvalue weighted by molar-refractivity contribution is 5.68. The number of alkyl carbamates (subject to hydrolysis) is 1. The molecule has 1 rings (SSSR count). The molecule has 0 aliphatic heterocycles. The van der Waals surface area contributed by atoms with Crippen LogP contribution in [0.15, 0.2) is 43.0 Å². The number of ether oxygens (including phenoxy) is 1. The average Bonchev–Trinajstić information content (AvgIpc) is 2.36. The quantitative estimate of drug-likeness (QED) is 0.826. The van der Waals surface area contributed by atoms with Gasteiger partial charge in [0.05, 0.1) is 0 Å². The summed E-state index contributed by atoms with van der Waals surface area (Å²) in [5.74, 6) is 0.169. The molecule has 1 aromatic rings. The summed E-state index contributed by atoms with van der Waals surface area (Å²) >= 11 is 0. The van der Waals surface area contributed by atoms with E-state index in [2.05, 4.69) is 24.0 Å². The Kier molecular flexibility index (Phi) is 5.81. The molecular weight excluding hydrogens is 250 g/mol. The van der Waals surface area contributed by atoms with Gasteiger partial charge in [0.15, 0.2) is 0 Å². The first-order chi connectivity index (χ1) is 9.31. The molecule has 0 spiro atoms. The van der Waals surface area contributed by atoms with Crippen molar-refractivity contribution in [3.63, 3.8) is 0 Å². The number of amides is 1. The van der Waals surface area contributed by atoms with Gasteiger partial charge in [-0.15, -0.1) is 6.58 Å². The van der Waals surface area contributed by atoms with Gasteiger partial charge in [0.2, 0.25) is 0 Å². The normalized spacial score (nSPS) is 14.2. The van der Waals surface area contributed by atoms with Crippen molar-refractivity contribution >= 4 is 6.09 Å². The fraction of sp³-hybridized carbons (Fsp3) is 0.471. The molecule has 0 saturated heterocycles. The Bertz CT molecular complexity index is 434. The molecule has 2 unspecified atom stereocenters. The van der Waals surface area contributed by atoms with E-state index in [4.69, 9.17) is 4.74 Å². The zero-order chi connectivity index (χ0) is 15.2. The highest BCUT2D eigenvalue weighted by Crippen LogP contribution is 2.13. The molecule has 0 saturated carbocycles. The van der Waals surface area contributed by atoms with Crippen LogP contribution in [0.4, 0.5) is 4.79 Å². The summed E-state index contributed by atoms with van der Waals surface area (Å²) in [5.41, 5.74) is 0.695. The number of hydrogen-bond acceptors (Lipinski definition) is 2. The zero-order valence-electron chi connectivity index (χ0n) is 12.8. The van der Waals surface area contributed by atoms with Gasteiger partial charge in [-0.05, 0) is 38.7 Å². The highest BCUT2D eigenvalue weighted by atomic mass is 16.6. The minimum atomic E-state index is -0.487. The van der Waals surface area contributed by atoms with Crippen LogP contribution in [0.2, 0.25) is 0 Å². The lowest BCUT2D eigenvalue weighted by molar-refractivity contribution is 0.0494. The molecule has 3 heteroatoms. The second kappa shape index (κ2) is 7.13. The van der Waals surface area contributed by atoms with E-state index in [1.165, 1.54) is 5.56 Å². The second-order valence-electron chi connectivity index (χ2n) is 6.04. The zero-order valence-corrected chi connectivity index (χ0v) is 12.8. The first-order valence-electron chi connectivity index (χ1n) is 6.98. The topological polar surface area (TPSA) is 38.3 Å². The fourth-order valence-electron chi connectivity index (χ4n) is 1.86. The maximum atomic E-state index is 11.9. The molecule has 0 heterocycles. The van der Waals surface area contributed by atoms with E-state index >= 15 is 0 Å². The van der Waals surface area contributed by atoms with Gasteiger partial charge in [0.1, 0.15) is 5.60 Å². The molecule has 2 atom stereocenters. The molecule has 1 amide bonds. The summed E-state index contributed by atoms with van der Waals surface area (Å²) in [6.07, 6.45) is 2.23. The van der Waals surface area contributed by atoms with E-state index in [9.17, 15) is 4.79 Å². The molecule has 20 heavy (non-hydrogen) atoms. The molecule has 0 bridgehead atoms. The van der Waals surface area contributed by atoms with E-state index in [1.807, 2.05) is 52.0 Å². The third-order valence-electron chi connectivity index (χ3n) is 3.01. The first-order valence-corrected chi connectivity index (χ1v) is 6.98. The molecule has 1 N–H and O–H groups in total. The van der Waals surface area contributed by atoms with Crippen molar-refractivity contribution in [1.82, 2.24) is 5.32 Å². The molecule has 0 radical (unpaired) electrons. The van der Waals surface area contributed by atoms with Gasteiger partial charge in [0.25, 0.3) is 0 Å². The van der Waals surface area contributed by atoms with Crippen molar-refractivity contribution in [2.24, 2.45) is 5.92 Å². The largest absolute Gasteiger partial charge is 0.444 e. The lowest BCUT2D eigenvalue weighted by Gasteiger charge is -2.26. The van der Waals surface area contributed by atoms with Gasteiger partial charge < -0.3 is 10.1 Å². The Labute approximate surface area is 122 Å². The van der Waals surface area contributed by atoms with Crippen molar-refractivity contribution in [3.8, 4) is 0 Å². The van der Waals surface area contributed by atoms with E-state index in [0.717, 1.165) is 6.42 Å². The van der Waals surface area contributed by atoms with Crippen molar-refractivity contribution in [2.75, 3.05) is 0 Å². The molecule has 3 nitrogen and oxygen atoms in total. The number of benzene rings is 1. The Balaban J connectivity index is 2.70. The van der Waals surface area contributed by atoms with Crippen LogP contribution >= 0.6 is 0 Å². The molecule has 110 valence electrons. The average molecular weight is 275 g/mol. The van der Waals surface area contributed by atoms with Crippen molar-refractivity contribution in [3.05, 3.63) is 48.6 Å². The minimum Gasteiger partial charge on any atom is -0.444 e. The molecule has 1 aromatic carbocycles. The van der Waals surface area contributed by atoms with Gasteiger partial charge in [0, 0.05) is 6.04 Å². The maximum Gasteiger partial charge on any atom is 0.407 e. The molecule has 0 aliphatic carbocycles. The number of carbonyl (C=O) groups is 1.